The van der Waals surface area contributed by atoms with E-state index in [1.807, 2.05) is 25.1 Å². The van der Waals surface area contributed by atoms with Crippen LogP contribution in [-0.4, -0.2) is 29.8 Å². The van der Waals surface area contributed by atoms with Crippen LogP contribution in [0.15, 0.2) is 22.6 Å². The third-order valence-corrected chi connectivity index (χ3v) is 4.17. The lowest BCUT2D eigenvalue weighted by Gasteiger charge is -2.20. The number of anilines is 1. The highest BCUT2D eigenvalue weighted by Gasteiger charge is 2.24. The van der Waals surface area contributed by atoms with E-state index in [2.05, 4.69) is 36.4 Å². The third-order valence-electron chi connectivity index (χ3n) is 4.17. The number of hydrogen-bond acceptors (Lipinski definition) is 4. The van der Waals surface area contributed by atoms with Gasteiger partial charge in [-0.05, 0) is 38.0 Å². The molecule has 2 heterocycles. The second-order valence-corrected chi connectivity index (χ2v) is 7.39. The standard InChI is InChI=1S/C18H25N3O3/c1-11(14-6-5-9-23-14)19-17(22)20-12-7-8-15-13(10-12)21-16(24-15)18(2,3)4/h7-8,10-11,14H,5-6,9H2,1-4H3,(H2,19,20,22). The molecule has 130 valence electrons. The van der Waals surface area contributed by atoms with Crippen LogP contribution in [0.1, 0.15) is 46.4 Å². The zero-order valence-corrected chi connectivity index (χ0v) is 14.7. The highest BCUT2D eigenvalue weighted by atomic mass is 16.5. The van der Waals surface area contributed by atoms with Crippen LogP contribution in [0, 0.1) is 0 Å². The summed E-state index contributed by atoms with van der Waals surface area (Å²) in [7, 11) is 0. The average molecular weight is 331 g/mol. The molecule has 1 aromatic carbocycles. The quantitative estimate of drug-likeness (QED) is 0.896. The first-order chi connectivity index (χ1) is 11.3. The molecule has 0 spiro atoms. The molecule has 1 saturated heterocycles. The maximum absolute atomic E-state index is 12.2. The van der Waals surface area contributed by atoms with Crippen LogP contribution in [0.25, 0.3) is 11.1 Å². The molecule has 6 heteroatoms. The second-order valence-electron chi connectivity index (χ2n) is 7.39. The lowest BCUT2D eigenvalue weighted by molar-refractivity contribution is 0.0868. The van der Waals surface area contributed by atoms with Gasteiger partial charge in [-0.1, -0.05) is 20.8 Å². The van der Waals surface area contributed by atoms with Crippen LogP contribution in [0.4, 0.5) is 10.5 Å². The molecule has 0 saturated carbocycles. The molecule has 0 aliphatic carbocycles. The van der Waals surface area contributed by atoms with Gasteiger partial charge in [0.05, 0.1) is 12.1 Å². The minimum Gasteiger partial charge on any atom is -0.440 e. The van der Waals surface area contributed by atoms with Gasteiger partial charge in [-0.15, -0.1) is 0 Å². The SMILES string of the molecule is CC(NC(=O)Nc1ccc2oc(C(C)(C)C)nc2c1)C1CCCO1. The van der Waals surface area contributed by atoms with Crippen LogP contribution >= 0.6 is 0 Å². The first-order valence-electron chi connectivity index (χ1n) is 8.43. The first kappa shape index (κ1) is 16.8. The number of urea groups is 1. The normalized spacial score (nSPS) is 19.4. The Morgan fingerprint density at radius 3 is 2.83 bits per heavy atom. The molecule has 2 atom stereocenters. The van der Waals surface area contributed by atoms with E-state index in [-0.39, 0.29) is 23.6 Å². The summed E-state index contributed by atoms with van der Waals surface area (Å²) < 4.78 is 11.4. The van der Waals surface area contributed by atoms with Gasteiger partial charge in [0.1, 0.15) is 5.52 Å². The minimum absolute atomic E-state index is 0.0178. The van der Waals surface area contributed by atoms with E-state index in [4.69, 9.17) is 9.15 Å². The van der Waals surface area contributed by atoms with Crippen molar-refractivity contribution in [1.82, 2.24) is 10.3 Å². The van der Waals surface area contributed by atoms with Crippen molar-refractivity contribution in [3.8, 4) is 0 Å². The van der Waals surface area contributed by atoms with E-state index < -0.39 is 0 Å². The van der Waals surface area contributed by atoms with Crippen molar-refractivity contribution < 1.29 is 13.9 Å². The highest BCUT2D eigenvalue weighted by Crippen LogP contribution is 2.27. The Hall–Kier alpha value is -2.08. The molecular weight excluding hydrogens is 306 g/mol. The molecule has 2 unspecified atom stereocenters. The molecule has 2 aromatic rings. The summed E-state index contributed by atoms with van der Waals surface area (Å²) in [5.74, 6) is 0.686. The number of aromatic nitrogens is 1. The van der Waals surface area contributed by atoms with Gasteiger partial charge in [0.25, 0.3) is 0 Å². The van der Waals surface area contributed by atoms with Gasteiger partial charge in [0, 0.05) is 17.7 Å². The number of benzene rings is 1. The van der Waals surface area contributed by atoms with Gasteiger partial charge in [-0.3, -0.25) is 0 Å². The van der Waals surface area contributed by atoms with Crippen molar-refractivity contribution in [2.45, 2.75) is 58.1 Å². The number of ether oxygens (including phenoxy) is 1. The number of carbonyl (C=O) groups is 1. The first-order valence-corrected chi connectivity index (χ1v) is 8.43. The fourth-order valence-electron chi connectivity index (χ4n) is 2.79. The molecular formula is C18H25N3O3. The summed E-state index contributed by atoms with van der Waals surface area (Å²) in [4.78, 5) is 16.7. The van der Waals surface area contributed by atoms with Crippen LogP contribution in [0.5, 0.6) is 0 Å². The van der Waals surface area contributed by atoms with Crippen molar-refractivity contribution in [2.75, 3.05) is 11.9 Å². The molecule has 1 aliphatic rings. The summed E-state index contributed by atoms with van der Waals surface area (Å²) in [5, 5.41) is 5.78. The third kappa shape index (κ3) is 3.70. The van der Waals surface area contributed by atoms with Crippen LogP contribution in [0.3, 0.4) is 0 Å². The van der Waals surface area contributed by atoms with Crippen molar-refractivity contribution in [3.05, 3.63) is 24.1 Å². The smallest absolute Gasteiger partial charge is 0.319 e. The maximum Gasteiger partial charge on any atom is 0.319 e. The van der Waals surface area contributed by atoms with Gasteiger partial charge >= 0.3 is 6.03 Å². The predicted octanol–water partition coefficient (Wildman–Crippen LogP) is 3.81. The van der Waals surface area contributed by atoms with Crippen LogP contribution in [0.2, 0.25) is 0 Å². The number of hydrogen-bond donors (Lipinski definition) is 2. The number of nitrogens with one attached hydrogen (secondary N) is 2. The molecule has 24 heavy (non-hydrogen) atoms. The Bertz CT molecular complexity index is 727. The van der Waals surface area contributed by atoms with Gasteiger partial charge < -0.3 is 19.8 Å². The van der Waals surface area contributed by atoms with E-state index >= 15 is 0 Å². The molecule has 1 aromatic heterocycles. The summed E-state index contributed by atoms with van der Waals surface area (Å²) in [6, 6.07) is 5.21. The number of fused-ring (bicyclic) bond motifs is 1. The maximum atomic E-state index is 12.2. The van der Waals surface area contributed by atoms with Crippen LogP contribution in [-0.2, 0) is 10.2 Å². The molecule has 1 aliphatic heterocycles. The van der Waals surface area contributed by atoms with Crippen molar-refractivity contribution >= 4 is 22.8 Å². The Kier molecular flexibility index (Phi) is 4.49. The Balaban J connectivity index is 1.67. The molecule has 0 bridgehead atoms. The molecule has 0 radical (unpaired) electrons. The van der Waals surface area contributed by atoms with E-state index in [0.29, 0.717) is 11.6 Å². The molecule has 2 amide bonds. The summed E-state index contributed by atoms with van der Waals surface area (Å²) >= 11 is 0. The Morgan fingerprint density at radius 2 is 2.17 bits per heavy atom. The second kappa shape index (κ2) is 6.43. The van der Waals surface area contributed by atoms with E-state index in [1.54, 1.807) is 0 Å². The fraction of sp³-hybridized carbons (Fsp3) is 0.556. The van der Waals surface area contributed by atoms with Gasteiger partial charge in [0.2, 0.25) is 5.89 Å². The number of rotatable bonds is 3. The zero-order chi connectivity index (χ0) is 17.3. The van der Waals surface area contributed by atoms with Gasteiger partial charge in [-0.2, -0.15) is 0 Å². The number of oxazole rings is 1. The Labute approximate surface area is 142 Å². The predicted molar refractivity (Wildman–Crippen MR) is 93.3 cm³/mol. The molecule has 6 nitrogen and oxygen atoms in total. The van der Waals surface area contributed by atoms with Crippen molar-refractivity contribution in [3.63, 3.8) is 0 Å². The number of amides is 2. The number of carbonyl (C=O) groups excluding carboxylic acids is 1. The molecule has 1 fully saturated rings. The lowest BCUT2D eigenvalue weighted by Crippen LogP contribution is -2.42. The lowest BCUT2D eigenvalue weighted by atomic mass is 9.97. The van der Waals surface area contributed by atoms with E-state index in [0.717, 1.165) is 30.5 Å². The topological polar surface area (TPSA) is 76.4 Å². The summed E-state index contributed by atoms with van der Waals surface area (Å²) in [6.07, 6.45) is 2.14. The fourth-order valence-corrected chi connectivity index (χ4v) is 2.79. The summed E-state index contributed by atoms with van der Waals surface area (Å²) in [6.45, 7) is 8.90. The van der Waals surface area contributed by atoms with E-state index in [1.165, 1.54) is 0 Å². The average Bonchev–Trinajstić information content (AvgIpc) is 3.15. The van der Waals surface area contributed by atoms with Crippen LogP contribution < -0.4 is 10.6 Å². The monoisotopic (exact) mass is 331 g/mol. The largest absolute Gasteiger partial charge is 0.440 e. The van der Waals surface area contributed by atoms with E-state index in [9.17, 15) is 4.79 Å². The van der Waals surface area contributed by atoms with Gasteiger partial charge in [0.15, 0.2) is 5.58 Å². The summed E-state index contributed by atoms with van der Waals surface area (Å²) in [5.41, 5.74) is 2.00. The minimum atomic E-state index is -0.239. The molecule has 3 rings (SSSR count). The zero-order valence-electron chi connectivity index (χ0n) is 14.7. The number of nitrogens with zero attached hydrogens (tertiary/aromatic N) is 1. The Morgan fingerprint density at radius 1 is 1.38 bits per heavy atom. The highest BCUT2D eigenvalue weighted by molar-refractivity contribution is 5.91. The van der Waals surface area contributed by atoms with Crippen molar-refractivity contribution in [1.29, 1.82) is 0 Å². The van der Waals surface area contributed by atoms with Crippen molar-refractivity contribution in [2.24, 2.45) is 0 Å². The van der Waals surface area contributed by atoms with Gasteiger partial charge in [-0.25, -0.2) is 9.78 Å². The molecule has 2 N–H and O–H groups in total.